The number of likely N-dealkylation sites (tertiary alicyclic amines) is 2. The van der Waals surface area contributed by atoms with Gasteiger partial charge < -0.3 is 24.0 Å². The molecule has 0 N–H and O–H groups in total. The standard InChI is InChI=1S/C23H23ClN2O6/c1-25-9-6-20(22(25)28)32-17-11-15(23(29)30-2)10-16(13-17)31-19-5-4-14(12-18(19)24)21(27)26-7-3-8-26/h4-5,10-13,20H,3,6-9H2,1-2H3/t20-/m0/s1. The first-order valence-corrected chi connectivity index (χ1v) is 10.6. The molecule has 0 unspecified atom stereocenters. The Morgan fingerprint density at radius 2 is 1.78 bits per heavy atom. The van der Waals surface area contributed by atoms with Crippen molar-refractivity contribution in [2.45, 2.75) is 18.9 Å². The van der Waals surface area contributed by atoms with Crippen LogP contribution in [-0.4, -0.2) is 67.5 Å². The molecule has 32 heavy (non-hydrogen) atoms. The van der Waals surface area contributed by atoms with Crippen molar-refractivity contribution in [3.8, 4) is 17.2 Å². The molecular weight excluding hydrogens is 436 g/mol. The van der Waals surface area contributed by atoms with Gasteiger partial charge in [0.2, 0.25) is 0 Å². The van der Waals surface area contributed by atoms with Crippen LogP contribution in [-0.2, 0) is 9.53 Å². The molecule has 0 bridgehead atoms. The summed E-state index contributed by atoms with van der Waals surface area (Å²) in [5, 5.41) is 0.259. The number of hydrogen-bond acceptors (Lipinski definition) is 6. The van der Waals surface area contributed by atoms with E-state index in [-0.39, 0.29) is 28.1 Å². The number of nitrogens with zero attached hydrogens (tertiary/aromatic N) is 2. The third kappa shape index (κ3) is 4.50. The molecule has 2 aromatic carbocycles. The van der Waals surface area contributed by atoms with Crippen molar-refractivity contribution in [1.29, 1.82) is 0 Å². The highest BCUT2D eigenvalue weighted by molar-refractivity contribution is 6.32. The van der Waals surface area contributed by atoms with E-state index >= 15 is 0 Å². The zero-order chi connectivity index (χ0) is 22.8. The van der Waals surface area contributed by atoms with Crippen LogP contribution >= 0.6 is 11.6 Å². The van der Waals surface area contributed by atoms with Crippen molar-refractivity contribution in [2.75, 3.05) is 33.8 Å². The van der Waals surface area contributed by atoms with E-state index in [0.717, 1.165) is 19.5 Å². The van der Waals surface area contributed by atoms with Crippen LogP contribution in [0.25, 0.3) is 0 Å². The van der Waals surface area contributed by atoms with Crippen molar-refractivity contribution in [1.82, 2.24) is 9.80 Å². The number of amides is 2. The summed E-state index contributed by atoms with van der Waals surface area (Å²) in [5.74, 6) is 0.136. The van der Waals surface area contributed by atoms with Crippen LogP contribution in [0, 0.1) is 0 Å². The Balaban J connectivity index is 1.57. The number of likely N-dealkylation sites (N-methyl/N-ethyl adjacent to an activating group) is 1. The molecule has 2 amide bonds. The molecule has 2 saturated heterocycles. The van der Waals surface area contributed by atoms with E-state index in [0.29, 0.717) is 30.0 Å². The molecule has 0 saturated carbocycles. The number of esters is 1. The van der Waals surface area contributed by atoms with Crippen LogP contribution in [0.1, 0.15) is 33.6 Å². The molecule has 9 heteroatoms. The molecule has 2 fully saturated rings. The van der Waals surface area contributed by atoms with Crippen molar-refractivity contribution in [2.24, 2.45) is 0 Å². The number of ether oxygens (including phenoxy) is 3. The van der Waals surface area contributed by atoms with Crippen molar-refractivity contribution < 1.29 is 28.6 Å². The lowest BCUT2D eigenvalue weighted by Crippen LogP contribution is -2.41. The molecule has 0 aliphatic carbocycles. The smallest absolute Gasteiger partial charge is 0.338 e. The van der Waals surface area contributed by atoms with Gasteiger partial charge in [0.05, 0.1) is 17.7 Å². The quantitative estimate of drug-likeness (QED) is 0.617. The predicted molar refractivity (Wildman–Crippen MR) is 116 cm³/mol. The lowest BCUT2D eigenvalue weighted by atomic mass is 10.1. The van der Waals surface area contributed by atoms with Gasteiger partial charge in [0, 0.05) is 44.7 Å². The van der Waals surface area contributed by atoms with Gasteiger partial charge >= 0.3 is 5.97 Å². The summed E-state index contributed by atoms with van der Waals surface area (Å²) in [7, 11) is 2.99. The highest BCUT2D eigenvalue weighted by Crippen LogP contribution is 2.34. The topological polar surface area (TPSA) is 85.4 Å². The summed E-state index contributed by atoms with van der Waals surface area (Å²) in [4.78, 5) is 40.1. The minimum absolute atomic E-state index is 0.0701. The summed E-state index contributed by atoms with van der Waals surface area (Å²) >= 11 is 6.36. The van der Waals surface area contributed by atoms with E-state index in [1.165, 1.54) is 19.2 Å². The Morgan fingerprint density at radius 3 is 2.38 bits per heavy atom. The van der Waals surface area contributed by atoms with Crippen LogP contribution < -0.4 is 9.47 Å². The number of rotatable bonds is 6. The maximum absolute atomic E-state index is 12.4. The number of benzene rings is 2. The lowest BCUT2D eigenvalue weighted by molar-refractivity contribution is -0.132. The molecule has 0 spiro atoms. The number of methoxy groups -OCH3 is 1. The highest BCUT2D eigenvalue weighted by Gasteiger charge is 2.31. The second-order valence-electron chi connectivity index (χ2n) is 7.73. The largest absolute Gasteiger partial charge is 0.480 e. The number of carbonyl (C=O) groups is 3. The molecule has 8 nitrogen and oxygen atoms in total. The van der Waals surface area contributed by atoms with Gasteiger partial charge in [0.15, 0.2) is 6.10 Å². The zero-order valence-electron chi connectivity index (χ0n) is 17.8. The number of hydrogen-bond donors (Lipinski definition) is 0. The van der Waals surface area contributed by atoms with E-state index in [9.17, 15) is 14.4 Å². The molecule has 1 atom stereocenters. The molecule has 2 heterocycles. The lowest BCUT2D eigenvalue weighted by Gasteiger charge is -2.31. The fourth-order valence-corrected chi connectivity index (χ4v) is 3.76. The third-order valence-electron chi connectivity index (χ3n) is 5.51. The summed E-state index contributed by atoms with van der Waals surface area (Å²) in [6.07, 6.45) is 0.924. The Labute approximate surface area is 190 Å². The second-order valence-corrected chi connectivity index (χ2v) is 8.14. The average Bonchev–Trinajstić information content (AvgIpc) is 3.05. The van der Waals surface area contributed by atoms with Gasteiger partial charge in [-0.15, -0.1) is 0 Å². The van der Waals surface area contributed by atoms with Gasteiger partial charge in [-0.05, 0) is 36.8 Å². The van der Waals surface area contributed by atoms with Gasteiger partial charge in [-0.1, -0.05) is 11.6 Å². The summed E-state index contributed by atoms with van der Waals surface area (Å²) in [6.45, 7) is 2.09. The van der Waals surface area contributed by atoms with Crippen LogP contribution in [0.15, 0.2) is 36.4 Å². The molecular formula is C23H23ClN2O6. The van der Waals surface area contributed by atoms with Crippen LogP contribution in [0.4, 0.5) is 0 Å². The Hall–Kier alpha value is -3.26. The van der Waals surface area contributed by atoms with E-state index in [1.807, 2.05) is 0 Å². The molecule has 0 radical (unpaired) electrons. The minimum atomic E-state index is -0.629. The fourth-order valence-electron chi connectivity index (χ4n) is 3.54. The SMILES string of the molecule is COC(=O)c1cc(Oc2ccc(C(=O)N3CCC3)cc2Cl)cc(O[C@H]2CCN(C)C2=O)c1. The van der Waals surface area contributed by atoms with Crippen molar-refractivity contribution >= 4 is 29.4 Å². The third-order valence-corrected chi connectivity index (χ3v) is 5.80. The number of carbonyl (C=O) groups excluding carboxylic acids is 3. The first-order valence-electron chi connectivity index (χ1n) is 10.3. The first kappa shape index (κ1) is 22.0. The Bertz CT molecular complexity index is 1070. The van der Waals surface area contributed by atoms with E-state index in [2.05, 4.69) is 0 Å². The van der Waals surface area contributed by atoms with Gasteiger partial charge in [-0.3, -0.25) is 9.59 Å². The molecule has 4 rings (SSSR count). The maximum atomic E-state index is 12.4. The van der Waals surface area contributed by atoms with Gasteiger partial charge in [0.25, 0.3) is 11.8 Å². The van der Waals surface area contributed by atoms with E-state index < -0.39 is 12.1 Å². The summed E-state index contributed by atoms with van der Waals surface area (Å²) in [6, 6.07) is 9.39. The summed E-state index contributed by atoms with van der Waals surface area (Å²) in [5.41, 5.74) is 0.692. The zero-order valence-corrected chi connectivity index (χ0v) is 18.6. The van der Waals surface area contributed by atoms with Gasteiger partial charge in [-0.25, -0.2) is 4.79 Å². The van der Waals surface area contributed by atoms with Crippen molar-refractivity contribution in [3.63, 3.8) is 0 Å². The van der Waals surface area contributed by atoms with E-state index in [1.54, 1.807) is 41.1 Å². The van der Waals surface area contributed by atoms with Crippen LogP contribution in [0.2, 0.25) is 5.02 Å². The molecule has 2 aromatic rings. The highest BCUT2D eigenvalue weighted by atomic mass is 35.5. The first-order chi connectivity index (χ1) is 15.4. The Morgan fingerprint density at radius 1 is 1.03 bits per heavy atom. The summed E-state index contributed by atoms with van der Waals surface area (Å²) < 4.78 is 16.5. The second kappa shape index (κ2) is 9.08. The Kier molecular flexibility index (Phi) is 6.23. The van der Waals surface area contributed by atoms with Crippen LogP contribution in [0.3, 0.4) is 0 Å². The molecule has 2 aliphatic rings. The molecule has 2 aliphatic heterocycles. The van der Waals surface area contributed by atoms with E-state index in [4.69, 9.17) is 25.8 Å². The van der Waals surface area contributed by atoms with Crippen LogP contribution in [0.5, 0.6) is 17.2 Å². The minimum Gasteiger partial charge on any atom is -0.480 e. The predicted octanol–water partition coefficient (Wildman–Crippen LogP) is 3.37. The average molecular weight is 459 g/mol. The fraction of sp³-hybridized carbons (Fsp3) is 0.348. The van der Waals surface area contributed by atoms with Gasteiger partial charge in [-0.2, -0.15) is 0 Å². The number of halogens is 1. The molecule has 168 valence electrons. The molecule has 0 aromatic heterocycles. The monoisotopic (exact) mass is 458 g/mol. The normalized spacial score (nSPS) is 17.7. The maximum Gasteiger partial charge on any atom is 0.338 e. The van der Waals surface area contributed by atoms with Crippen molar-refractivity contribution in [3.05, 3.63) is 52.5 Å². The van der Waals surface area contributed by atoms with Gasteiger partial charge in [0.1, 0.15) is 17.2 Å².